The lowest BCUT2D eigenvalue weighted by Gasteiger charge is -2.27. The Balaban J connectivity index is 3.11. The van der Waals surface area contributed by atoms with E-state index in [1.54, 1.807) is 12.1 Å². The Kier molecular flexibility index (Phi) is 3.73. The number of benzene rings is 1. The smallest absolute Gasteiger partial charge is 0.119 e. The molecule has 1 aromatic rings. The van der Waals surface area contributed by atoms with E-state index in [9.17, 15) is 5.11 Å². The van der Waals surface area contributed by atoms with Crippen LogP contribution in [-0.2, 0) is 5.41 Å². The molecule has 0 fully saturated rings. The molecule has 84 valence electrons. The van der Waals surface area contributed by atoms with Gasteiger partial charge in [0.2, 0.25) is 0 Å². The average Bonchev–Trinajstić information content (AvgIpc) is 2.26. The topological polar surface area (TPSA) is 20.2 Å². The first kappa shape index (κ1) is 12.3. The maximum absolute atomic E-state index is 9.84. The third-order valence-electron chi connectivity index (χ3n) is 2.81. The van der Waals surface area contributed by atoms with Crippen LogP contribution in [0.3, 0.4) is 0 Å². The van der Waals surface area contributed by atoms with Crippen LogP contribution in [-0.4, -0.2) is 5.11 Å². The van der Waals surface area contributed by atoms with E-state index in [1.165, 1.54) is 0 Å². The highest BCUT2D eigenvalue weighted by molar-refractivity contribution is 5.46. The molecule has 1 nitrogen and oxygen atoms in total. The molecular formula is C15H18O. The van der Waals surface area contributed by atoms with Crippen LogP contribution in [0.25, 0.3) is 0 Å². The largest absolute Gasteiger partial charge is 0.508 e. The van der Waals surface area contributed by atoms with Gasteiger partial charge >= 0.3 is 0 Å². The molecular weight excluding hydrogens is 196 g/mol. The molecule has 0 radical (unpaired) electrons. The van der Waals surface area contributed by atoms with Gasteiger partial charge in [-0.1, -0.05) is 63.4 Å². The zero-order valence-corrected chi connectivity index (χ0v) is 9.90. The minimum atomic E-state index is -0.287. The Morgan fingerprint density at radius 2 is 1.94 bits per heavy atom. The summed E-state index contributed by atoms with van der Waals surface area (Å²) >= 11 is 0. The molecule has 0 saturated carbocycles. The molecule has 1 N–H and O–H groups in total. The first-order chi connectivity index (χ1) is 7.50. The number of hydrogen-bond acceptors (Lipinski definition) is 1. The van der Waals surface area contributed by atoms with Gasteiger partial charge in [-0.15, -0.1) is 0 Å². The fourth-order valence-electron chi connectivity index (χ4n) is 1.57. The van der Waals surface area contributed by atoms with Crippen molar-refractivity contribution in [1.82, 2.24) is 0 Å². The van der Waals surface area contributed by atoms with Crippen molar-refractivity contribution in [3.63, 3.8) is 0 Å². The van der Waals surface area contributed by atoms with Crippen molar-refractivity contribution in [2.45, 2.75) is 19.3 Å². The number of phenolic OH excluding ortho intramolecular Hbond substituents is 1. The van der Waals surface area contributed by atoms with Crippen molar-refractivity contribution in [2.24, 2.45) is 0 Å². The molecule has 0 spiro atoms. The number of allylic oxidation sites excluding steroid dienone is 4. The highest BCUT2D eigenvalue weighted by Crippen LogP contribution is 2.36. The first-order valence-electron chi connectivity index (χ1n) is 5.27. The van der Waals surface area contributed by atoms with Gasteiger partial charge < -0.3 is 5.11 Å². The van der Waals surface area contributed by atoms with Crippen molar-refractivity contribution in [2.75, 3.05) is 0 Å². The van der Waals surface area contributed by atoms with Gasteiger partial charge in [0.15, 0.2) is 0 Å². The van der Waals surface area contributed by atoms with Gasteiger partial charge in [0.05, 0.1) is 0 Å². The molecule has 1 rings (SSSR count). The van der Waals surface area contributed by atoms with E-state index in [0.717, 1.165) is 11.1 Å². The molecule has 0 unspecified atom stereocenters. The van der Waals surface area contributed by atoms with Crippen LogP contribution in [0.5, 0.6) is 5.75 Å². The summed E-state index contributed by atoms with van der Waals surface area (Å²) in [7, 11) is 0. The molecule has 0 aliphatic heterocycles. The van der Waals surface area contributed by atoms with E-state index in [-0.39, 0.29) is 5.41 Å². The summed E-state index contributed by atoms with van der Waals surface area (Å²) in [6.07, 6.45) is 5.48. The fraction of sp³-hybridized carbons (Fsp3) is 0.200. The van der Waals surface area contributed by atoms with Crippen LogP contribution in [0.2, 0.25) is 0 Å². The summed E-state index contributed by atoms with van der Waals surface area (Å²) in [5, 5.41) is 9.84. The molecule has 0 aromatic heterocycles. The molecule has 0 heterocycles. The average molecular weight is 214 g/mol. The van der Waals surface area contributed by atoms with Gasteiger partial charge in [0.25, 0.3) is 0 Å². The molecule has 16 heavy (non-hydrogen) atoms. The van der Waals surface area contributed by atoms with Gasteiger partial charge in [-0.3, -0.25) is 0 Å². The normalized spacial score (nSPS) is 11.6. The summed E-state index contributed by atoms with van der Waals surface area (Å²) in [6.45, 7) is 11.7. The third-order valence-corrected chi connectivity index (χ3v) is 2.81. The van der Waals surface area contributed by atoms with Crippen molar-refractivity contribution >= 4 is 0 Å². The van der Waals surface area contributed by atoms with Crippen LogP contribution in [0.4, 0.5) is 0 Å². The Bertz CT molecular complexity index is 425. The molecule has 0 atom stereocenters. The molecule has 0 bridgehead atoms. The zero-order valence-electron chi connectivity index (χ0n) is 9.90. The second-order valence-electron chi connectivity index (χ2n) is 4.26. The summed E-state index contributed by atoms with van der Waals surface area (Å²) in [6, 6.07) is 7.35. The number of rotatable bonds is 4. The Labute approximate surface area is 97.4 Å². The second-order valence-corrected chi connectivity index (χ2v) is 4.26. The standard InChI is InChI=1S/C15H18O/c1-5-6-9-12(2)15(3,4)13-10-7-8-11-14(13)16/h5-11,16H,1-2H2,3-4H3/b9-6-. The number of aromatic hydroxyl groups is 1. The SMILES string of the molecule is C=C/C=C\C(=C)C(C)(C)c1ccccc1O. The van der Waals surface area contributed by atoms with E-state index in [2.05, 4.69) is 13.2 Å². The minimum Gasteiger partial charge on any atom is -0.508 e. The summed E-state index contributed by atoms with van der Waals surface area (Å²) in [4.78, 5) is 0. The van der Waals surface area contributed by atoms with Crippen molar-refractivity contribution in [3.05, 3.63) is 66.8 Å². The minimum absolute atomic E-state index is 0.287. The van der Waals surface area contributed by atoms with Crippen molar-refractivity contribution < 1.29 is 5.11 Å². The fourth-order valence-corrected chi connectivity index (χ4v) is 1.57. The summed E-state index contributed by atoms with van der Waals surface area (Å²) < 4.78 is 0. The predicted octanol–water partition coefficient (Wildman–Crippen LogP) is 3.97. The number of phenols is 1. The maximum Gasteiger partial charge on any atom is 0.119 e. The Hall–Kier alpha value is -1.76. The highest BCUT2D eigenvalue weighted by atomic mass is 16.3. The van der Waals surface area contributed by atoms with Crippen LogP contribution in [0.1, 0.15) is 19.4 Å². The third kappa shape index (κ3) is 2.43. The summed E-state index contributed by atoms with van der Waals surface area (Å²) in [5.74, 6) is 0.306. The maximum atomic E-state index is 9.84. The van der Waals surface area contributed by atoms with E-state index in [0.29, 0.717) is 5.75 Å². The second kappa shape index (κ2) is 4.84. The van der Waals surface area contributed by atoms with Gasteiger partial charge in [0, 0.05) is 11.0 Å². The quantitative estimate of drug-likeness (QED) is 0.752. The Morgan fingerprint density at radius 3 is 2.50 bits per heavy atom. The van der Waals surface area contributed by atoms with Gasteiger partial charge in [0.1, 0.15) is 5.75 Å². The van der Waals surface area contributed by atoms with Crippen LogP contribution < -0.4 is 0 Å². The predicted molar refractivity (Wildman–Crippen MR) is 69.6 cm³/mol. The van der Waals surface area contributed by atoms with Crippen LogP contribution in [0.15, 0.2) is 61.2 Å². The molecule has 0 saturated heterocycles. The molecule has 0 amide bonds. The zero-order chi connectivity index (χ0) is 12.2. The van der Waals surface area contributed by atoms with E-state index in [4.69, 9.17) is 0 Å². The van der Waals surface area contributed by atoms with E-state index >= 15 is 0 Å². The molecule has 1 aromatic carbocycles. The van der Waals surface area contributed by atoms with Gasteiger partial charge in [-0.2, -0.15) is 0 Å². The van der Waals surface area contributed by atoms with Gasteiger partial charge in [-0.25, -0.2) is 0 Å². The highest BCUT2D eigenvalue weighted by Gasteiger charge is 2.25. The first-order valence-corrected chi connectivity index (χ1v) is 5.27. The molecule has 1 heteroatoms. The van der Waals surface area contributed by atoms with Crippen LogP contribution >= 0.6 is 0 Å². The van der Waals surface area contributed by atoms with Gasteiger partial charge in [-0.05, 0) is 11.6 Å². The summed E-state index contributed by atoms with van der Waals surface area (Å²) in [5.41, 5.74) is 1.54. The van der Waals surface area contributed by atoms with Crippen molar-refractivity contribution in [1.29, 1.82) is 0 Å². The van der Waals surface area contributed by atoms with Crippen molar-refractivity contribution in [3.8, 4) is 5.75 Å². The van der Waals surface area contributed by atoms with Crippen LogP contribution in [0, 0.1) is 0 Å². The number of para-hydroxylation sites is 1. The lowest BCUT2D eigenvalue weighted by atomic mass is 9.77. The lowest BCUT2D eigenvalue weighted by molar-refractivity contribution is 0.453. The Morgan fingerprint density at radius 1 is 1.31 bits per heavy atom. The monoisotopic (exact) mass is 214 g/mol. The van der Waals surface area contributed by atoms with E-state index < -0.39 is 0 Å². The molecule has 0 aliphatic rings. The number of hydrogen-bond donors (Lipinski definition) is 1. The van der Waals surface area contributed by atoms with E-state index in [1.807, 2.05) is 44.2 Å². The lowest BCUT2D eigenvalue weighted by Crippen LogP contribution is -2.18. The molecule has 0 aliphatic carbocycles.